The minimum absolute atomic E-state index is 0.269. The standard InChI is InChI=1S/C24H34O3S2/c25-24(26)12-7-2-1-6-11-20-21(23-14-13-22(20)27-23)15-18-28-16-8-17-29-19-9-4-3-5-10-19/h1,3-6,9-10,20-23H,2,7-8,11-18H2,(H,25,26)/b6-1-/t20-,21+,22-,23+/m1/s1. The van der Waals surface area contributed by atoms with Gasteiger partial charge >= 0.3 is 5.97 Å². The molecule has 29 heavy (non-hydrogen) atoms. The molecule has 2 aliphatic heterocycles. The third kappa shape index (κ3) is 7.69. The molecule has 3 nitrogen and oxygen atoms in total. The van der Waals surface area contributed by atoms with Crippen LogP contribution in [0.4, 0.5) is 0 Å². The van der Waals surface area contributed by atoms with Gasteiger partial charge in [0.05, 0.1) is 12.2 Å². The summed E-state index contributed by atoms with van der Waals surface area (Å²) in [7, 11) is 0. The summed E-state index contributed by atoms with van der Waals surface area (Å²) < 4.78 is 6.23. The highest BCUT2D eigenvalue weighted by molar-refractivity contribution is 8.00. The number of hydrogen-bond donors (Lipinski definition) is 1. The molecule has 2 heterocycles. The molecule has 2 aliphatic rings. The summed E-state index contributed by atoms with van der Waals surface area (Å²) in [5.74, 6) is 4.36. The number of unbranched alkanes of at least 4 members (excludes halogenated alkanes) is 1. The molecule has 2 bridgehead atoms. The van der Waals surface area contributed by atoms with Crippen molar-refractivity contribution >= 4 is 29.5 Å². The Morgan fingerprint density at radius 2 is 1.83 bits per heavy atom. The maximum atomic E-state index is 10.6. The number of carbonyl (C=O) groups is 1. The van der Waals surface area contributed by atoms with Gasteiger partial charge in [0.15, 0.2) is 0 Å². The molecule has 4 atom stereocenters. The van der Waals surface area contributed by atoms with E-state index in [-0.39, 0.29) is 6.42 Å². The first-order valence-corrected chi connectivity index (χ1v) is 13.2. The van der Waals surface area contributed by atoms with E-state index in [1.807, 2.05) is 11.8 Å². The molecule has 1 N–H and O–H groups in total. The molecular weight excluding hydrogens is 400 g/mol. The van der Waals surface area contributed by atoms with Crippen LogP contribution in [0, 0.1) is 11.8 Å². The fourth-order valence-electron chi connectivity index (χ4n) is 4.53. The highest BCUT2D eigenvalue weighted by Crippen LogP contribution is 2.47. The Labute approximate surface area is 184 Å². The Hall–Kier alpha value is -0.910. The number of rotatable bonds is 14. The molecule has 5 heteroatoms. The van der Waals surface area contributed by atoms with Gasteiger partial charge in [0.25, 0.3) is 0 Å². The molecule has 0 aliphatic carbocycles. The minimum atomic E-state index is -0.698. The van der Waals surface area contributed by atoms with Crippen molar-refractivity contribution in [1.82, 2.24) is 0 Å². The number of aliphatic carboxylic acids is 1. The summed E-state index contributed by atoms with van der Waals surface area (Å²) in [6.07, 6.45) is 13.4. The zero-order valence-electron chi connectivity index (χ0n) is 17.2. The van der Waals surface area contributed by atoms with Gasteiger partial charge in [0.1, 0.15) is 0 Å². The predicted molar refractivity (Wildman–Crippen MR) is 124 cm³/mol. The molecule has 0 unspecified atom stereocenters. The van der Waals surface area contributed by atoms with E-state index >= 15 is 0 Å². The monoisotopic (exact) mass is 434 g/mol. The lowest BCUT2D eigenvalue weighted by Gasteiger charge is -2.27. The molecule has 3 rings (SSSR count). The number of hydrogen-bond acceptors (Lipinski definition) is 4. The van der Waals surface area contributed by atoms with Crippen LogP contribution in [-0.2, 0) is 9.53 Å². The number of carboxylic acids is 1. The Morgan fingerprint density at radius 1 is 1.03 bits per heavy atom. The van der Waals surface area contributed by atoms with Gasteiger partial charge in [-0.3, -0.25) is 4.79 Å². The SMILES string of the molecule is O=C(O)CCC/C=C\C[C@@H]1[C@H](CCSCCCSc2ccccc2)[C@@H]2CC[C@H]1O2. The molecule has 0 saturated carbocycles. The molecule has 2 fully saturated rings. The van der Waals surface area contributed by atoms with Gasteiger partial charge in [-0.2, -0.15) is 11.8 Å². The quantitative estimate of drug-likeness (QED) is 0.212. The van der Waals surface area contributed by atoms with Crippen molar-refractivity contribution in [2.24, 2.45) is 11.8 Å². The van der Waals surface area contributed by atoms with Crippen LogP contribution in [0.1, 0.15) is 51.4 Å². The Kier molecular flexibility index (Phi) is 9.98. The van der Waals surface area contributed by atoms with Gasteiger partial charge in [-0.15, -0.1) is 11.8 Å². The number of ether oxygens (including phenoxy) is 1. The first kappa shape index (κ1) is 22.8. The molecule has 160 valence electrons. The van der Waals surface area contributed by atoms with Crippen LogP contribution in [-0.4, -0.2) is 40.5 Å². The Morgan fingerprint density at radius 3 is 2.62 bits per heavy atom. The van der Waals surface area contributed by atoms with Crippen molar-refractivity contribution in [3.8, 4) is 0 Å². The first-order valence-electron chi connectivity index (χ1n) is 11.0. The lowest BCUT2D eigenvalue weighted by atomic mass is 9.76. The van der Waals surface area contributed by atoms with E-state index in [1.165, 1.54) is 47.8 Å². The normalized spacial score (nSPS) is 25.8. The summed E-state index contributed by atoms with van der Waals surface area (Å²) in [6.45, 7) is 0. The van der Waals surface area contributed by atoms with Gasteiger partial charge in [-0.05, 0) is 86.2 Å². The van der Waals surface area contributed by atoms with Crippen molar-refractivity contribution in [3.05, 3.63) is 42.5 Å². The van der Waals surface area contributed by atoms with E-state index < -0.39 is 5.97 Å². The van der Waals surface area contributed by atoms with E-state index in [0.29, 0.717) is 24.0 Å². The lowest BCUT2D eigenvalue weighted by molar-refractivity contribution is -0.137. The molecule has 0 aromatic heterocycles. The minimum Gasteiger partial charge on any atom is -0.481 e. The topological polar surface area (TPSA) is 46.5 Å². The van der Waals surface area contributed by atoms with Crippen LogP contribution in [0.2, 0.25) is 0 Å². The molecular formula is C24H34O3S2. The maximum Gasteiger partial charge on any atom is 0.303 e. The number of benzene rings is 1. The van der Waals surface area contributed by atoms with Gasteiger partial charge in [0, 0.05) is 11.3 Å². The van der Waals surface area contributed by atoms with Gasteiger partial charge in [0.2, 0.25) is 0 Å². The van der Waals surface area contributed by atoms with Gasteiger partial charge in [-0.25, -0.2) is 0 Å². The molecule has 0 spiro atoms. The summed E-state index contributed by atoms with van der Waals surface area (Å²) in [5.41, 5.74) is 0. The number of fused-ring (bicyclic) bond motifs is 2. The van der Waals surface area contributed by atoms with Crippen LogP contribution in [0.3, 0.4) is 0 Å². The van der Waals surface area contributed by atoms with Crippen molar-refractivity contribution in [3.63, 3.8) is 0 Å². The van der Waals surface area contributed by atoms with Gasteiger partial charge < -0.3 is 9.84 Å². The summed E-state index contributed by atoms with van der Waals surface area (Å²) in [4.78, 5) is 11.9. The molecule has 1 aromatic carbocycles. The highest BCUT2D eigenvalue weighted by atomic mass is 32.2. The summed E-state index contributed by atoms with van der Waals surface area (Å²) >= 11 is 4.06. The Balaban J connectivity index is 1.28. The Bertz CT molecular complexity index is 634. The largest absolute Gasteiger partial charge is 0.481 e. The van der Waals surface area contributed by atoms with Crippen LogP contribution in [0.25, 0.3) is 0 Å². The molecule has 1 aromatic rings. The first-order chi connectivity index (χ1) is 14.2. The number of carboxylic acid groups (broad SMARTS) is 1. The zero-order chi connectivity index (χ0) is 20.3. The summed E-state index contributed by atoms with van der Waals surface area (Å²) in [6, 6.07) is 10.7. The van der Waals surface area contributed by atoms with Crippen molar-refractivity contribution in [2.45, 2.75) is 68.5 Å². The second-order valence-corrected chi connectivity index (χ2v) is 10.4. The summed E-state index contributed by atoms with van der Waals surface area (Å²) in [5, 5.41) is 8.71. The van der Waals surface area contributed by atoms with Crippen LogP contribution >= 0.6 is 23.5 Å². The van der Waals surface area contributed by atoms with E-state index in [0.717, 1.165) is 19.3 Å². The van der Waals surface area contributed by atoms with Crippen molar-refractivity contribution in [2.75, 3.05) is 17.3 Å². The van der Waals surface area contributed by atoms with E-state index in [1.54, 1.807) is 0 Å². The number of allylic oxidation sites excluding steroid dienone is 2. The maximum absolute atomic E-state index is 10.6. The second kappa shape index (κ2) is 12.7. The fraction of sp³-hybridized carbons (Fsp3) is 0.625. The number of thioether (sulfide) groups is 2. The average Bonchev–Trinajstić information content (AvgIpc) is 3.32. The highest BCUT2D eigenvalue weighted by Gasteiger charge is 2.47. The fourth-order valence-corrected chi connectivity index (χ4v) is 6.58. The van der Waals surface area contributed by atoms with Gasteiger partial charge in [-0.1, -0.05) is 30.4 Å². The predicted octanol–water partition coefficient (Wildman–Crippen LogP) is 6.29. The zero-order valence-corrected chi connectivity index (χ0v) is 18.8. The van der Waals surface area contributed by atoms with Crippen LogP contribution in [0.15, 0.2) is 47.4 Å². The van der Waals surface area contributed by atoms with E-state index in [2.05, 4.69) is 54.2 Å². The van der Waals surface area contributed by atoms with Crippen molar-refractivity contribution in [1.29, 1.82) is 0 Å². The second-order valence-electron chi connectivity index (χ2n) is 8.03. The van der Waals surface area contributed by atoms with E-state index in [4.69, 9.17) is 9.84 Å². The lowest BCUT2D eigenvalue weighted by Crippen LogP contribution is -2.27. The average molecular weight is 435 g/mol. The van der Waals surface area contributed by atoms with Crippen LogP contribution in [0.5, 0.6) is 0 Å². The van der Waals surface area contributed by atoms with E-state index in [9.17, 15) is 4.79 Å². The third-order valence-corrected chi connectivity index (χ3v) is 8.17. The smallest absolute Gasteiger partial charge is 0.303 e. The van der Waals surface area contributed by atoms with Crippen molar-refractivity contribution < 1.29 is 14.6 Å². The molecule has 2 saturated heterocycles. The third-order valence-electron chi connectivity index (χ3n) is 5.97. The molecule has 0 amide bonds. The van der Waals surface area contributed by atoms with Crippen LogP contribution < -0.4 is 0 Å². The molecule has 0 radical (unpaired) electrons.